The molecule has 1 N–H and O–H groups in total. The molecule has 1 heterocycles. The number of hydrogen-bond acceptors (Lipinski definition) is 4. The average molecular weight is 377 g/mol. The van der Waals surface area contributed by atoms with E-state index in [0.29, 0.717) is 17.9 Å². The molecule has 2 aromatic carbocycles. The number of ether oxygens (including phenoxy) is 1. The monoisotopic (exact) mass is 377 g/mol. The topological polar surface area (TPSA) is 68.5 Å². The minimum atomic E-state index is -0.397. The molecule has 0 unspecified atom stereocenters. The minimum absolute atomic E-state index is 0.0425. The van der Waals surface area contributed by atoms with Crippen LogP contribution in [0.25, 0.3) is 11.0 Å². The Morgan fingerprint density at radius 2 is 1.93 bits per heavy atom. The van der Waals surface area contributed by atoms with E-state index in [1.54, 1.807) is 12.1 Å². The quantitative estimate of drug-likeness (QED) is 0.665. The highest BCUT2D eigenvalue weighted by Crippen LogP contribution is 2.43. The van der Waals surface area contributed by atoms with Crippen LogP contribution in [0.4, 0.5) is 0 Å². The molecule has 144 valence electrons. The van der Waals surface area contributed by atoms with Crippen LogP contribution in [0.1, 0.15) is 30.4 Å². The standard InChI is InChI=1S/C23H23NO4/c1-16-12-22(26)28-20-13-18(8-9-19(16)20)27-14-21(25)24-15-23(10-5-11-23)17-6-3-2-4-7-17/h2-4,6-9,12-13H,5,10-11,14-15H2,1H3,(H,24,25). The van der Waals surface area contributed by atoms with Crippen molar-refractivity contribution in [3.05, 3.63) is 76.1 Å². The smallest absolute Gasteiger partial charge is 0.336 e. The van der Waals surface area contributed by atoms with Crippen molar-refractivity contribution in [2.45, 2.75) is 31.6 Å². The van der Waals surface area contributed by atoms with Gasteiger partial charge in [0.1, 0.15) is 11.3 Å². The van der Waals surface area contributed by atoms with Crippen molar-refractivity contribution >= 4 is 16.9 Å². The van der Waals surface area contributed by atoms with Gasteiger partial charge < -0.3 is 14.5 Å². The summed E-state index contributed by atoms with van der Waals surface area (Å²) in [6.07, 6.45) is 3.35. The van der Waals surface area contributed by atoms with E-state index in [1.165, 1.54) is 18.1 Å². The lowest BCUT2D eigenvalue weighted by atomic mass is 9.64. The molecule has 28 heavy (non-hydrogen) atoms. The Bertz CT molecular complexity index is 1050. The van der Waals surface area contributed by atoms with Crippen LogP contribution in [-0.4, -0.2) is 19.1 Å². The van der Waals surface area contributed by atoms with Crippen molar-refractivity contribution in [1.29, 1.82) is 0 Å². The number of hydrogen-bond donors (Lipinski definition) is 1. The number of carbonyl (C=O) groups is 1. The summed E-state index contributed by atoms with van der Waals surface area (Å²) in [4.78, 5) is 23.8. The van der Waals surface area contributed by atoms with Gasteiger partial charge in [0.25, 0.3) is 5.91 Å². The molecule has 3 aromatic rings. The molecule has 0 bridgehead atoms. The molecule has 0 radical (unpaired) electrons. The molecule has 1 fully saturated rings. The molecular weight excluding hydrogens is 354 g/mol. The van der Waals surface area contributed by atoms with E-state index in [4.69, 9.17) is 9.15 Å². The van der Waals surface area contributed by atoms with Crippen LogP contribution in [0.15, 0.2) is 63.8 Å². The molecule has 5 heteroatoms. The zero-order chi connectivity index (χ0) is 19.6. The Balaban J connectivity index is 1.37. The van der Waals surface area contributed by atoms with Gasteiger partial charge in [0.15, 0.2) is 6.61 Å². The van der Waals surface area contributed by atoms with Crippen molar-refractivity contribution in [3.63, 3.8) is 0 Å². The predicted molar refractivity (Wildman–Crippen MR) is 108 cm³/mol. The number of aryl methyl sites for hydroxylation is 1. The van der Waals surface area contributed by atoms with Crippen molar-refractivity contribution in [2.24, 2.45) is 0 Å². The average Bonchev–Trinajstić information content (AvgIpc) is 2.66. The first-order chi connectivity index (χ1) is 13.6. The van der Waals surface area contributed by atoms with Crippen molar-refractivity contribution in [2.75, 3.05) is 13.2 Å². The summed E-state index contributed by atoms with van der Waals surface area (Å²) in [7, 11) is 0. The van der Waals surface area contributed by atoms with E-state index >= 15 is 0 Å². The van der Waals surface area contributed by atoms with Crippen LogP contribution < -0.4 is 15.7 Å². The van der Waals surface area contributed by atoms with Gasteiger partial charge in [-0.05, 0) is 43.0 Å². The molecule has 0 aliphatic heterocycles. The first-order valence-electron chi connectivity index (χ1n) is 9.55. The molecule has 1 amide bonds. The fourth-order valence-electron chi connectivity index (χ4n) is 3.83. The summed E-state index contributed by atoms with van der Waals surface area (Å²) in [5.74, 6) is 0.339. The molecule has 1 aromatic heterocycles. The number of amides is 1. The van der Waals surface area contributed by atoms with Crippen LogP contribution in [-0.2, 0) is 10.2 Å². The van der Waals surface area contributed by atoms with Crippen LogP contribution in [0.5, 0.6) is 5.75 Å². The molecule has 4 rings (SSSR count). The third kappa shape index (κ3) is 3.65. The first-order valence-corrected chi connectivity index (χ1v) is 9.55. The number of rotatable bonds is 6. The highest BCUT2D eigenvalue weighted by Gasteiger charge is 2.38. The van der Waals surface area contributed by atoms with Crippen molar-refractivity contribution < 1.29 is 13.9 Å². The van der Waals surface area contributed by atoms with E-state index in [0.717, 1.165) is 23.8 Å². The number of fused-ring (bicyclic) bond motifs is 1. The zero-order valence-corrected chi connectivity index (χ0v) is 15.9. The summed E-state index contributed by atoms with van der Waals surface area (Å²) in [5.41, 5.74) is 2.23. The Kier molecular flexibility index (Phi) is 4.90. The summed E-state index contributed by atoms with van der Waals surface area (Å²) in [5, 5.41) is 3.87. The Morgan fingerprint density at radius 3 is 2.64 bits per heavy atom. The van der Waals surface area contributed by atoms with E-state index in [2.05, 4.69) is 17.4 Å². The summed E-state index contributed by atoms with van der Waals surface area (Å²) in [6, 6.07) is 17.1. The Morgan fingerprint density at radius 1 is 1.14 bits per heavy atom. The van der Waals surface area contributed by atoms with E-state index in [-0.39, 0.29) is 17.9 Å². The molecule has 0 atom stereocenters. The van der Waals surface area contributed by atoms with E-state index in [1.807, 2.05) is 31.2 Å². The van der Waals surface area contributed by atoms with E-state index in [9.17, 15) is 9.59 Å². The highest BCUT2D eigenvalue weighted by molar-refractivity contribution is 5.81. The lowest BCUT2D eigenvalue weighted by Gasteiger charge is -2.42. The predicted octanol–water partition coefficient (Wildman–Crippen LogP) is 3.72. The SMILES string of the molecule is Cc1cc(=O)oc2cc(OCC(=O)NCC3(c4ccccc4)CCC3)ccc12. The molecule has 0 spiro atoms. The lowest BCUT2D eigenvalue weighted by Crippen LogP contribution is -2.46. The fraction of sp³-hybridized carbons (Fsp3) is 0.304. The van der Waals surface area contributed by atoms with Gasteiger partial charge in [0.2, 0.25) is 0 Å². The Labute approximate surface area is 163 Å². The van der Waals surface area contributed by atoms with Gasteiger partial charge in [-0.25, -0.2) is 4.79 Å². The largest absolute Gasteiger partial charge is 0.484 e. The molecule has 1 aliphatic carbocycles. The summed E-state index contributed by atoms with van der Waals surface area (Å²) < 4.78 is 10.8. The first kappa shape index (κ1) is 18.3. The maximum absolute atomic E-state index is 12.3. The van der Waals surface area contributed by atoms with Crippen LogP contribution in [0, 0.1) is 6.92 Å². The van der Waals surface area contributed by atoms with Crippen LogP contribution in [0.3, 0.4) is 0 Å². The molecule has 0 saturated heterocycles. The molecule has 5 nitrogen and oxygen atoms in total. The number of carbonyl (C=O) groups excluding carboxylic acids is 1. The van der Waals surface area contributed by atoms with Gasteiger partial charge in [0, 0.05) is 29.5 Å². The lowest BCUT2D eigenvalue weighted by molar-refractivity contribution is -0.123. The Hall–Kier alpha value is -3.08. The third-order valence-corrected chi connectivity index (χ3v) is 5.61. The second-order valence-corrected chi connectivity index (χ2v) is 7.47. The fourth-order valence-corrected chi connectivity index (χ4v) is 3.83. The van der Waals surface area contributed by atoms with Gasteiger partial charge in [-0.2, -0.15) is 0 Å². The van der Waals surface area contributed by atoms with Crippen molar-refractivity contribution in [1.82, 2.24) is 5.32 Å². The third-order valence-electron chi connectivity index (χ3n) is 5.61. The highest BCUT2D eigenvalue weighted by atomic mass is 16.5. The molecular formula is C23H23NO4. The maximum atomic E-state index is 12.3. The van der Waals surface area contributed by atoms with Gasteiger partial charge in [0.05, 0.1) is 0 Å². The van der Waals surface area contributed by atoms with Crippen LogP contribution >= 0.6 is 0 Å². The van der Waals surface area contributed by atoms with Gasteiger partial charge in [-0.15, -0.1) is 0 Å². The van der Waals surface area contributed by atoms with E-state index < -0.39 is 5.63 Å². The minimum Gasteiger partial charge on any atom is -0.484 e. The molecule has 1 aliphatic rings. The van der Waals surface area contributed by atoms with Gasteiger partial charge >= 0.3 is 5.63 Å². The van der Waals surface area contributed by atoms with Gasteiger partial charge in [-0.1, -0.05) is 36.8 Å². The normalized spacial score (nSPS) is 15.0. The second-order valence-electron chi connectivity index (χ2n) is 7.47. The maximum Gasteiger partial charge on any atom is 0.336 e. The zero-order valence-electron chi connectivity index (χ0n) is 15.9. The second kappa shape index (κ2) is 7.50. The van der Waals surface area contributed by atoms with Crippen molar-refractivity contribution in [3.8, 4) is 5.75 Å². The number of benzene rings is 2. The van der Waals surface area contributed by atoms with Crippen LogP contribution in [0.2, 0.25) is 0 Å². The molecule has 1 saturated carbocycles. The number of nitrogens with one attached hydrogen (secondary N) is 1. The summed E-state index contributed by atoms with van der Waals surface area (Å²) >= 11 is 0. The summed E-state index contributed by atoms with van der Waals surface area (Å²) in [6.45, 7) is 2.40. The van der Waals surface area contributed by atoms with Gasteiger partial charge in [-0.3, -0.25) is 4.79 Å².